The van der Waals surface area contributed by atoms with Gasteiger partial charge in [0.1, 0.15) is 0 Å². The number of nitrogens with zero attached hydrogens (tertiary/aromatic N) is 1. The smallest absolute Gasteiger partial charge is 0.259 e. The van der Waals surface area contributed by atoms with Crippen LogP contribution in [0.25, 0.3) is 0 Å². The summed E-state index contributed by atoms with van der Waals surface area (Å²) in [6.45, 7) is 6.54. The first-order valence-electron chi connectivity index (χ1n) is 7.87. The van der Waals surface area contributed by atoms with Gasteiger partial charge in [-0.25, -0.2) is 5.43 Å². The van der Waals surface area contributed by atoms with E-state index in [0.29, 0.717) is 5.92 Å². The minimum atomic E-state index is -0.179. The van der Waals surface area contributed by atoms with Gasteiger partial charge in [0, 0.05) is 9.26 Å². The lowest BCUT2D eigenvalue weighted by Crippen LogP contribution is -2.25. The van der Waals surface area contributed by atoms with Crippen molar-refractivity contribution in [1.82, 2.24) is 5.43 Å². The summed E-state index contributed by atoms with van der Waals surface area (Å²) in [5.74, 6) is 0.327. The molecule has 0 saturated heterocycles. The van der Waals surface area contributed by atoms with Gasteiger partial charge in [-0.3, -0.25) is 4.79 Å². The van der Waals surface area contributed by atoms with Crippen molar-refractivity contribution in [3.8, 4) is 0 Å². The zero-order valence-electron chi connectivity index (χ0n) is 14.1. The molecule has 2 aromatic carbocycles. The average molecular weight is 435 g/mol. The number of amides is 1. The van der Waals surface area contributed by atoms with Gasteiger partial charge < -0.3 is 5.32 Å². The highest BCUT2D eigenvalue weighted by molar-refractivity contribution is 14.1. The summed E-state index contributed by atoms with van der Waals surface area (Å²) < 4.78 is 1.20. The maximum atomic E-state index is 11.8. The SMILES string of the molecule is Cc1cc(NCC(=O)N/N=C/c2ccc(C(C)C)cc2)ccc1I. The summed E-state index contributed by atoms with van der Waals surface area (Å²) >= 11 is 2.29. The molecule has 2 aromatic rings. The summed E-state index contributed by atoms with van der Waals surface area (Å²) in [5, 5.41) is 7.09. The van der Waals surface area contributed by atoms with Gasteiger partial charge in [-0.05, 0) is 70.3 Å². The number of hydrogen-bond donors (Lipinski definition) is 2. The van der Waals surface area contributed by atoms with E-state index >= 15 is 0 Å². The van der Waals surface area contributed by atoms with Crippen molar-refractivity contribution in [3.63, 3.8) is 0 Å². The number of nitrogens with one attached hydrogen (secondary N) is 2. The number of aryl methyl sites for hydroxylation is 1. The molecule has 0 heterocycles. The molecule has 2 N–H and O–H groups in total. The number of hydrogen-bond acceptors (Lipinski definition) is 3. The van der Waals surface area contributed by atoms with E-state index in [1.165, 1.54) is 14.7 Å². The van der Waals surface area contributed by atoms with E-state index in [4.69, 9.17) is 0 Å². The molecule has 0 radical (unpaired) electrons. The molecule has 126 valence electrons. The Kier molecular flexibility index (Phi) is 6.78. The van der Waals surface area contributed by atoms with E-state index in [2.05, 4.69) is 64.4 Å². The molecule has 0 aliphatic rings. The number of carbonyl (C=O) groups excluding carboxylic acids is 1. The van der Waals surface area contributed by atoms with Gasteiger partial charge in [-0.15, -0.1) is 0 Å². The Bertz CT molecular complexity index is 724. The monoisotopic (exact) mass is 435 g/mol. The maximum Gasteiger partial charge on any atom is 0.259 e. The number of halogens is 1. The van der Waals surface area contributed by atoms with Crippen LogP contribution in [-0.2, 0) is 4.79 Å². The second kappa shape index (κ2) is 8.82. The number of anilines is 1. The zero-order valence-corrected chi connectivity index (χ0v) is 16.3. The molecule has 0 aliphatic heterocycles. The fourth-order valence-electron chi connectivity index (χ4n) is 2.12. The predicted molar refractivity (Wildman–Crippen MR) is 109 cm³/mol. The molecule has 4 nitrogen and oxygen atoms in total. The van der Waals surface area contributed by atoms with Crippen molar-refractivity contribution in [2.24, 2.45) is 5.10 Å². The van der Waals surface area contributed by atoms with E-state index in [-0.39, 0.29) is 12.5 Å². The summed E-state index contributed by atoms with van der Waals surface area (Å²) in [7, 11) is 0. The molecule has 0 fully saturated rings. The average Bonchev–Trinajstić information content (AvgIpc) is 2.56. The first kappa shape index (κ1) is 18.4. The minimum absolute atomic E-state index is 0.179. The van der Waals surface area contributed by atoms with Crippen molar-refractivity contribution in [3.05, 3.63) is 62.7 Å². The number of rotatable bonds is 6. The number of hydrazone groups is 1. The van der Waals surface area contributed by atoms with Crippen molar-refractivity contribution in [2.45, 2.75) is 26.7 Å². The highest BCUT2D eigenvalue weighted by atomic mass is 127. The first-order valence-corrected chi connectivity index (χ1v) is 8.95. The largest absolute Gasteiger partial charge is 0.376 e. The fraction of sp³-hybridized carbons (Fsp3) is 0.263. The second-order valence-corrected chi connectivity index (χ2v) is 7.09. The fourth-order valence-corrected chi connectivity index (χ4v) is 2.46. The Labute approximate surface area is 156 Å². The third-order valence-electron chi connectivity index (χ3n) is 3.62. The quantitative estimate of drug-likeness (QED) is 0.404. The molecule has 2 rings (SSSR count). The Hall–Kier alpha value is -1.89. The van der Waals surface area contributed by atoms with Crippen molar-refractivity contribution >= 4 is 40.4 Å². The molecule has 5 heteroatoms. The topological polar surface area (TPSA) is 53.5 Å². The molecule has 1 amide bonds. The van der Waals surface area contributed by atoms with Crippen molar-refractivity contribution in [1.29, 1.82) is 0 Å². The normalized spacial score (nSPS) is 11.0. The lowest BCUT2D eigenvalue weighted by molar-refractivity contribution is -0.119. The second-order valence-electron chi connectivity index (χ2n) is 5.93. The predicted octanol–water partition coefficient (Wildman–Crippen LogP) is 4.29. The van der Waals surface area contributed by atoms with Gasteiger partial charge in [0.2, 0.25) is 0 Å². The molecule has 0 aromatic heterocycles. The van der Waals surface area contributed by atoms with Gasteiger partial charge in [-0.2, -0.15) is 5.10 Å². The van der Waals surface area contributed by atoms with Crippen LogP contribution in [0.3, 0.4) is 0 Å². The van der Waals surface area contributed by atoms with E-state index in [1.807, 2.05) is 37.3 Å². The van der Waals surface area contributed by atoms with Crippen LogP contribution in [0.5, 0.6) is 0 Å². The highest BCUT2D eigenvalue weighted by Crippen LogP contribution is 2.16. The van der Waals surface area contributed by atoms with Crippen molar-refractivity contribution in [2.75, 3.05) is 11.9 Å². The van der Waals surface area contributed by atoms with E-state index < -0.39 is 0 Å². The van der Waals surface area contributed by atoms with Crippen LogP contribution in [0.1, 0.15) is 36.5 Å². The lowest BCUT2D eigenvalue weighted by Gasteiger charge is -2.07. The summed E-state index contributed by atoms with van der Waals surface area (Å²) in [4.78, 5) is 11.8. The molecule has 24 heavy (non-hydrogen) atoms. The molecule has 0 aliphatic carbocycles. The molecule has 0 bridgehead atoms. The van der Waals surface area contributed by atoms with Crippen molar-refractivity contribution < 1.29 is 4.79 Å². The molecule has 0 unspecified atom stereocenters. The standard InChI is InChI=1S/C19H22IN3O/c1-13(2)16-6-4-15(5-7-16)11-22-23-19(24)12-21-17-8-9-18(20)14(3)10-17/h4-11,13,21H,12H2,1-3H3,(H,23,24)/b22-11+. The van der Waals surface area contributed by atoms with Gasteiger partial charge in [0.15, 0.2) is 0 Å². The first-order chi connectivity index (χ1) is 11.5. The highest BCUT2D eigenvalue weighted by Gasteiger charge is 2.01. The van der Waals surface area contributed by atoms with E-state index in [9.17, 15) is 4.79 Å². The van der Waals surface area contributed by atoms with Crippen LogP contribution in [0, 0.1) is 10.5 Å². The van der Waals surface area contributed by atoms with Gasteiger partial charge in [0.05, 0.1) is 12.8 Å². The Balaban J connectivity index is 1.80. The van der Waals surface area contributed by atoms with E-state index in [0.717, 1.165) is 11.3 Å². The summed E-state index contributed by atoms with van der Waals surface area (Å²) in [5.41, 5.74) is 6.89. The molecule has 0 saturated carbocycles. The summed E-state index contributed by atoms with van der Waals surface area (Å²) in [6.07, 6.45) is 1.65. The van der Waals surface area contributed by atoms with Gasteiger partial charge in [-0.1, -0.05) is 38.1 Å². The number of carbonyl (C=O) groups is 1. The Morgan fingerprint density at radius 2 is 1.92 bits per heavy atom. The van der Waals surface area contributed by atoms with Crippen LogP contribution in [-0.4, -0.2) is 18.7 Å². The third-order valence-corrected chi connectivity index (χ3v) is 4.83. The van der Waals surface area contributed by atoms with Crippen LogP contribution >= 0.6 is 22.6 Å². The third kappa shape index (κ3) is 5.63. The molecular weight excluding hydrogens is 413 g/mol. The van der Waals surface area contributed by atoms with Crippen LogP contribution < -0.4 is 10.7 Å². The van der Waals surface area contributed by atoms with Gasteiger partial charge >= 0.3 is 0 Å². The maximum absolute atomic E-state index is 11.8. The zero-order chi connectivity index (χ0) is 17.5. The van der Waals surface area contributed by atoms with Gasteiger partial charge in [0.25, 0.3) is 5.91 Å². The van der Waals surface area contributed by atoms with Crippen LogP contribution in [0.4, 0.5) is 5.69 Å². The summed E-state index contributed by atoms with van der Waals surface area (Å²) in [6, 6.07) is 14.2. The number of benzene rings is 2. The molecule has 0 spiro atoms. The van der Waals surface area contributed by atoms with Crippen LogP contribution in [0.15, 0.2) is 47.6 Å². The van der Waals surface area contributed by atoms with Crippen LogP contribution in [0.2, 0.25) is 0 Å². The Morgan fingerprint density at radius 1 is 1.21 bits per heavy atom. The van der Waals surface area contributed by atoms with E-state index in [1.54, 1.807) is 6.21 Å². The minimum Gasteiger partial charge on any atom is -0.376 e. The lowest BCUT2D eigenvalue weighted by atomic mass is 10.0. The molecular formula is C19H22IN3O. The Morgan fingerprint density at radius 3 is 2.54 bits per heavy atom. The molecule has 0 atom stereocenters.